The van der Waals surface area contributed by atoms with E-state index in [9.17, 15) is 14.4 Å². The standard InChI is InChI=1S/C4H9NO2.C4H6O6/c1-2-3(5)4(6)7;5-1(3(7)8)2(6)4(9)10/h3H,2,5H2,1H3,(H,6,7);1-2,5-6H,(H,7,8)(H,9,10). The number of hydrogen-bond donors (Lipinski definition) is 6. The molecule has 0 aliphatic carbocycles. The largest absolute Gasteiger partial charge is 0.480 e. The van der Waals surface area contributed by atoms with Crippen molar-refractivity contribution in [1.82, 2.24) is 0 Å². The highest BCUT2D eigenvalue weighted by atomic mass is 16.4. The number of hydrogen-bond acceptors (Lipinski definition) is 6. The first-order chi connectivity index (χ1) is 7.64. The summed E-state index contributed by atoms with van der Waals surface area (Å²) >= 11 is 0. The topological polar surface area (TPSA) is 178 Å². The number of carbonyl (C=O) groups is 3. The lowest BCUT2D eigenvalue weighted by atomic mass is 10.2. The fourth-order valence-electron chi connectivity index (χ4n) is 0.445. The summed E-state index contributed by atoms with van der Waals surface area (Å²) in [5.41, 5.74) is 5.02. The molecule has 0 spiro atoms. The van der Waals surface area contributed by atoms with E-state index in [-0.39, 0.29) is 0 Å². The van der Waals surface area contributed by atoms with Gasteiger partial charge in [-0.05, 0) is 6.42 Å². The first-order valence-electron chi connectivity index (χ1n) is 4.45. The first-order valence-corrected chi connectivity index (χ1v) is 4.45. The highest BCUT2D eigenvalue weighted by molar-refractivity contribution is 5.83. The molecule has 0 saturated carbocycles. The van der Waals surface area contributed by atoms with Crippen LogP contribution in [0.5, 0.6) is 0 Å². The molecule has 9 heteroatoms. The molecule has 0 fully saturated rings. The molecule has 7 N–H and O–H groups in total. The average Bonchev–Trinajstić information content (AvgIpc) is 2.26. The zero-order valence-electron chi connectivity index (χ0n) is 8.98. The van der Waals surface area contributed by atoms with Crippen molar-refractivity contribution in [2.24, 2.45) is 5.73 Å². The van der Waals surface area contributed by atoms with Crippen molar-refractivity contribution in [1.29, 1.82) is 0 Å². The van der Waals surface area contributed by atoms with Crippen LogP contribution in [0, 0.1) is 0 Å². The second kappa shape index (κ2) is 8.44. The smallest absolute Gasteiger partial charge is 0.335 e. The Balaban J connectivity index is 0. The molecule has 0 amide bonds. The minimum atomic E-state index is -2.27. The van der Waals surface area contributed by atoms with Crippen molar-refractivity contribution in [3.05, 3.63) is 0 Å². The fourth-order valence-corrected chi connectivity index (χ4v) is 0.445. The number of aliphatic hydroxyl groups excluding tert-OH is 2. The predicted molar refractivity (Wildman–Crippen MR) is 53.2 cm³/mol. The number of aliphatic hydroxyl groups is 2. The quantitative estimate of drug-likeness (QED) is 0.313. The Morgan fingerprint density at radius 2 is 1.24 bits per heavy atom. The molecular weight excluding hydrogens is 238 g/mol. The molecule has 3 unspecified atom stereocenters. The Labute approximate surface area is 96.1 Å². The van der Waals surface area contributed by atoms with Crippen LogP contribution in [0.15, 0.2) is 0 Å². The molecule has 100 valence electrons. The number of carboxylic acids is 3. The second-order valence-electron chi connectivity index (χ2n) is 2.92. The van der Waals surface area contributed by atoms with Gasteiger partial charge in [0.1, 0.15) is 6.04 Å². The molecule has 3 atom stereocenters. The van der Waals surface area contributed by atoms with E-state index in [1.165, 1.54) is 0 Å². The van der Waals surface area contributed by atoms with Crippen molar-refractivity contribution >= 4 is 17.9 Å². The summed E-state index contributed by atoms with van der Waals surface area (Å²) in [7, 11) is 0. The van der Waals surface area contributed by atoms with Gasteiger partial charge in [0.05, 0.1) is 0 Å². The van der Waals surface area contributed by atoms with Crippen molar-refractivity contribution in [3.63, 3.8) is 0 Å². The first kappa shape index (κ1) is 17.7. The molecule has 0 heterocycles. The molecule has 0 rings (SSSR count). The van der Waals surface area contributed by atoms with Gasteiger partial charge < -0.3 is 31.3 Å². The van der Waals surface area contributed by atoms with Gasteiger partial charge in [-0.1, -0.05) is 6.92 Å². The van der Waals surface area contributed by atoms with Gasteiger partial charge in [-0.25, -0.2) is 9.59 Å². The highest BCUT2D eigenvalue weighted by Gasteiger charge is 2.29. The summed E-state index contributed by atoms with van der Waals surface area (Å²) in [6.45, 7) is 1.73. The molecule has 0 bridgehead atoms. The lowest BCUT2D eigenvalue weighted by Gasteiger charge is -2.07. The van der Waals surface area contributed by atoms with E-state index in [2.05, 4.69) is 0 Å². The van der Waals surface area contributed by atoms with Crippen LogP contribution in [0.3, 0.4) is 0 Å². The minimum absolute atomic E-state index is 0.495. The van der Waals surface area contributed by atoms with Crippen LogP contribution in [0.4, 0.5) is 0 Å². The van der Waals surface area contributed by atoms with Gasteiger partial charge in [-0.15, -0.1) is 0 Å². The highest BCUT2D eigenvalue weighted by Crippen LogP contribution is 1.92. The third-order valence-corrected chi connectivity index (χ3v) is 1.56. The van der Waals surface area contributed by atoms with E-state index in [1.807, 2.05) is 0 Å². The Kier molecular flexibility index (Phi) is 8.78. The molecule has 0 aliphatic rings. The van der Waals surface area contributed by atoms with Crippen LogP contribution in [-0.4, -0.2) is 61.7 Å². The maximum absolute atomic E-state index is 9.81. The Morgan fingerprint density at radius 3 is 1.29 bits per heavy atom. The summed E-state index contributed by atoms with van der Waals surface area (Å²) in [5.74, 6) is -4.47. The Morgan fingerprint density at radius 1 is 0.941 bits per heavy atom. The van der Waals surface area contributed by atoms with E-state index in [0.29, 0.717) is 6.42 Å². The summed E-state index contributed by atoms with van der Waals surface area (Å²) in [4.78, 5) is 29.3. The molecule has 0 saturated heterocycles. The Hall–Kier alpha value is -1.71. The lowest BCUT2D eigenvalue weighted by Crippen LogP contribution is -2.39. The molecule has 17 heavy (non-hydrogen) atoms. The van der Waals surface area contributed by atoms with Crippen molar-refractivity contribution < 1.29 is 39.9 Å². The van der Waals surface area contributed by atoms with Crippen LogP contribution >= 0.6 is 0 Å². The number of carboxylic acid groups (broad SMARTS) is 3. The van der Waals surface area contributed by atoms with Crippen LogP contribution in [0.25, 0.3) is 0 Å². The molecular formula is C8H15NO8. The number of aliphatic carboxylic acids is 3. The zero-order valence-corrected chi connectivity index (χ0v) is 8.98. The third-order valence-electron chi connectivity index (χ3n) is 1.56. The molecule has 0 radical (unpaired) electrons. The van der Waals surface area contributed by atoms with E-state index in [0.717, 1.165) is 0 Å². The van der Waals surface area contributed by atoms with E-state index in [1.54, 1.807) is 6.92 Å². The van der Waals surface area contributed by atoms with Gasteiger partial charge in [0, 0.05) is 0 Å². The lowest BCUT2D eigenvalue weighted by molar-refractivity contribution is -0.165. The van der Waals surface area contributed by atoms with E-state index in [4.69, 9.17) is 31.3 Å². The van der Waals surface area contributed by atoms with Gasteiger partial charge >= 0.3 is 17.9 Å². The number of rotatable bonds is 5. The normalized spacial score (nSPS) is 14.8. The number of nitrogens with two attached hydrogens (primary N) is 1. The molecule has 0 aromatic rings. The minimum Gasteiger partial charge on any atom is -0.480 e. The summed E-state index contributed by atoms with van der Waals surface area (Å²) < 4.78 is 0. The predicted octanol–water partition coefficient (Wildman–Crippen LogP) is -2.31. The van der Waals surface area contributed by atoms with E-state index < -0.39 is 36.2 Å². The van der Waals surface area contributed by atoms with Gasteiger partial charge in [-0.2, -0.15) is 0 Å². The maximum Gasteiger partial charge on any atom is 0.335 e. The fraction of sp³-hybridized carbons (Fsp3) is 0.625. The van der Waals surface area contributed by atoms with Crippen LogP contribution in [0.1, 0.15) is 13.3 Å². The van der Waals surface area contributed by atoms with Gasteiger partial charge in [0.15, 0.2) is 12.2 Å². The average molecular weight is 253 g/mol. The van der Waals surface area contributed by atoms with Gasteiger partial charge in [-0.3, -0.25) is 4.79 Å². The zero-order chi connectivity index (χ0) is 14.2. The summed E-state index contributed by atoms with van der Waals surface area (Å²) in [6.07, 6.45) is -4.04. The Bertz CT molecular complexity index is 261. The molecule has 0 aromatic carbocycles. The van der Waals surface area contributed by atoms with E-state index >= 15 is 0 Å². The van der Waals surface area contributed by atoms with Crippen molar-refractivity contribution in [2.75, 3.05) is 0 Å². The van der Waals surface area contributed by atoms with Crippen molar-refractivity contribution in [2.45, 2.75) is 31.6 Å². The second-order valence-corrected chi connectivity index (χ2v) is 2.92. The molecule has 0 aliphatic heterocycles. The monoisotopic (exact) mass is 253 g/mol. The van der Waals surface area contributed by atoms with Crippen LogP contribution in [-0.2, 0) is 14.4 Å². The molecule has 9 nitrogen and oxygen atoms in total. The summed E-state index contributed by atoms with van der Waals surface area (Å²) in [5, 5.41) is 40.6. The van der Waals surface area contributed by atoms with Gasteiger partial charge in [0.25, 0.3) is 0 Å². The summed E-state index contributed by atoms with van der Waals surface area (Å²) in [6, 6.07) is -0.681. The van der Waals surface area contributed by atoms with Crippen molar-refractivity contribution in [3.8, 4) is 0 Å². The maximum atomic E-state index is 9.81. The third kappa shape index (κ3) is 8.13. The van der Waals surface area contributed by atoms with Crippen LogP contribution < -0.4 is 5.73 Å². The molecule has 0 aromatic heterocycles. The van der Waals surface area contributed by atoms with Gasteiger partial charge in [0.2, 0.25) is 0 Å². The van der Waals surface area contributed by atoms with Crippen LogP contribution in [0.2, 0.25) is 0 Å². The SMILES string of the molecule is CCC(N)C(=O)O.O=C(O)C(O)C(O)C(=O)O.